The van der Waals surface area contributed by atoms with Gasteiger partial charge in [0.15, 0.2) is 0 Å². The number of fused-ring (bicyclic) bond motifs is 3. The molecule has 2 aromatic carbocycles. The number of carbonyl (C=O) groups excluding carboxylic acids is 1. The number of benzene rings is 2. The van der Waals surface area contributed by atoms with E-state index in [9.17, 15) is 4.79 Å². The lowest BCUT2D eigenvalue weighted by molar-refractivity contribution is 0.0598. The molecular formula is C21H20ClNO2. The van der Waals surface area contributed by atoms with E-state index in [2.05, 4.69) is 36.5 Å². The number of halogens is 1. The first-order valence-electron chi connectivity index (χ1n) is 8.50. The summed E-state index contributed by atoms with van der Waals surface area (Å²) >= 11 is 6.06. The first kappa shape index (κ1) is 16.2. The van der Waals surface area contributed by atoms with Crippen molar-refractivity contribution < 1.29 is 9.53 Å². The van der Waals surface area contributed by atoms with E-state index in [1.807, 2.05) is 24.3 Å². The van der Waals surface area contributed by atoms with Crippen molar-refractivity contribution in [3.8, 4) is 0 Å². The van der Waals surface area contributed by atoms with E-state index in [1.54, 1.807) is 0 Å². The number of carbonyl (C=O) groups is 1. The Bertz CT molecular complexity index is 857. The van der Waals surface area contributed by atoms with Crippen molar-refractivity contribution >= 4 is 23.3 Å². The topological polar surface area (TPSA) is 38.3 Å². The Morgan fingerprint density at radius 1 is 1.20 bits per heavy atom. The van der Waals surface area contributed by atoms with Gasteiger partial charge in [0, 0.05) is 16.6 Å². The summed E-state index contributed by atoms with van der Waals surface area (Å²) in [6, 6.07) is 12.1. The third kappa shape index (κ3) is 2.63. The standard InChI is InChI=1S/C21H20ClNO2/c1-12-6-11-17(21(24)25-2)18-15-4-3-5-16(15)20(23-19(12)18)13-7-9-14(22)10-8-13/h3-4,6-11,15-16,20,23H,5H2,1-2H3/t15-,16+,20+/m1/s1. The van der Waals surface area contributed by atoms with Crippen LogP contribution in [0.1, 0.15) is 45.4 Å². The lowest BCUT2D eigenvalue weighted by atomic mass is 9.75. The van der Waals surface area contributed by atoms with Gasteiger partial charge in [0.1, 0.15) is 0 Å². The summed E-state index contributed by atoms with van der Waals surface area (Å²) in [5, 5.41) is 4.44. The molecule has 0 amide bonds. The van der Waals surface area contributed by atoms with E-state index in [0.29, 0.717) is 11.5 Å². The zero-order valence-electron chi connectivity index (χ0n) is 14.3. The Kier molecular flexibility index (Phi) is 4.04. The van der Waals surface area contributed by atoms with Crippen molar-refractivity contribution in [1.29, 1.82) is 0 Å². The van der Waals surface area contributed by atoms with Crippen LogP contribution in [0.3, 0.4) is 0 Å². The normalized spacial score (nSPS) is 23.6. The zero-order chi connectivity index (χ0) is 17.6. The molecule has 0 saturated carbocycles. The molecule has 1 aliphatic carbocycles. The van der Waals surface area contributed by atoms with E-state index in [1.165, 1.54) is 12.7 Å². The summed E-state index contributed by atoms with van der Waals surface area (Å²) in [6.07, 6.45) is 5.44. The SMILES string of the molecule is COC(=O)c1ccc(C)c2c1[C@@H]1C=CC[C@@H]1[C@H](c1ccc(Cl)cc1)N2. The summed E-state index contributed by atoms with van der Waals surface area (Å²) in [6.45, 7) is 2.07. The summed E-state index contributed by atoms with van der Waals surface area (Å²) in [5.41, 5.74) is 5.13. The maximum absolute atomic E-state index is 12.3. The number of ether oxygens (including phenoxy) is 1. The van der Waals surface area contributed by atoms with Gasteiger partial charge in [-0.25, -0.2) is 4.79 Å². The number of aryl methyl sites for hydroxylation is 1. The third-order valence-electron chi connectivity index (χ3n) is 5.36. The van der Waals surface area contributed by atoms with Crippen molar-refractivity contribution in [2.75, 3.05) is 12.4 Å². The van der Waals surface area contributed by atoms with Gasteiger partial charge in [-0.2, -0.15) is 0 Å². The largest absolute Gasteiger partial charge is 0.465 e. The number of methoxy groups -OCH3 is 1. The molecule has 0 aromatic heterocycles. The highest BCUT2D eigenvalue weighted by Gasteiger charge is 2.40. The van der Waals surface area contributed by atoms with Crippen LogP contribution >= 0.6 is 11.6 Å². The summed E-state index contributed by atoms with van der Waals surface area (Å²) in [7, 11) is 1.43. The molecule has 4 heteroatoms. The van der Waals surface area contributed by atoms with Crippen molar-refractivity contribution in [2.45, 2.75) is 25.3 Å². The molecule has 0 saturated heterocycles. The molecule has 25 heavy (non-hydrogen) atoms. The van der Waals surface area contributed by atoms with Gasteiger partial charge in [0.25, 0.3) is 0 Å². The highest BCUT2D eigenvalue weighted by molar-refractivity contribution is 6.30. The molecule has 1 heterocycles. The quantitative estimate of drug-likeness (QED) is 0.591. The third-order valence-corrected chi connectivity index (χ3v) is 5.61. The molecule has 0 bridgehead atoms. The number of esters is 1. The molecule has 1 aliphatic heterocycles. The second-order valence-corrected chi connectivity index (χ2v) is 7.17. The number of allylic oxidation sites excluding steroid dienone is 2. The van der Waals surface area contributed by atoms with Crippen LogP contribution in [-0.2, 0) is 4.74 Å². The molecule has 3 nitrogen and oxygen atoms in total. The number of hydrogen-bond acceptors (Lipinski definition) is 3. The fourth-order valence-corrected chi connectivity index (χ4v) is 4.27. The molecule has 1 N–H and O–H groups in total. The first-order valence-corrected chi connectivity index (χ1v) is 8.88. The summed E-state index contributed by atoms with van der Waals surface area (Å²) < 4.78 is 5.01. The molecule has 0 spiro atoms. The maximum Gasteiger partial charge on any atom is 0.338 e. The molecule has 0 unspecified atom stereocenters. The van der Waals surface area contributed by atoms with E-state index < -0.39 is 0 Å². The van der Waals surface area contributed by atoms with Crippen molar-refractivity contribution in [3.05, 3.63) is 75.8 Å². The van der Waals surface area contributed by atoms with Crippen LogP contribution in [0.4, 0.5) is 5.69 Å². The van der Waals surface area contributed by atoms with Crippen LogP contribution in [0, 0.1) is 12.8 Å². The van der Waals surface area contributed by atoms with Crippen molar-refractivity contribution in [2.24, 2.45) is 5.92 Å². The average Bonchev–Trinajstić information content (AvgIpc) is 3.11. The lowest BCUT2D eigenvalue weighted by Gasteiger charge is -2.39. The van der Waals surface area contributed by atoms with Gasteiger partial charge in [-0.1, -0.05) is 42.0 Å². The smallest absolute Gasteiger partial charge is 0.338 e. The Hall–Kier alpha value is -2.26. The Morgan fingerprint density at radius 2 is 1.96 bits per heavy atom. The minimum atomic E-state index is -0.276. The van der Waals surface area contributed by atoms with Crippen LogP contribution < -0.4 is 5.32 Å². The zero-order valence-corrected chi connectivity index (χ0v) is 15.0. The molecule has 3 atom stereocenters. The van der Waals surface area contributed by atoms with Gasteiger partial charge in [-0.05, 0) is 54.2 Å². The second kappa shape index (κ2) is 6.23. The number of rotatable bonds is 2. The van der Waals surface area contributed by atoms with Gasteiger partial charge in [-0.3, -0.25) is 0 Å². The van der Waals surface area contributed by atoms with Gasteiger partial charge in [0.05, 0.1) is 18.7 Å². The number of nitrogens with one attached hydrogen (secondary N) is 1. The molecule has 0 fully saturated rings. The van der Waals surface area contributed by atoms with Crippen LogP contribution in [0.15, 0.2) is 48.6 Å². The Balaban J connectivity index is 1.85. The summed E-state index contributed by atoms with van der Waals surface area (Å²) in [4.78, 5) is 12.3. The van der Waals surface area contributed by atoms with Crippen LogP contribution in [0.25, 0.3) is 0 Å². The van der Waals surface area contributed by atoms with E-state index >= 15 is 0 Å². The average molecular weight is 354 g/mol. The minimum absolute atomic E-state index is 0.191. The number of hydrogen-bond donors (Lipinski definition) is 1. The van der Waals surface area contributed by atoms with E-state index in [0.717, 1.165) is 28.3 Å². The maximum atomic E-state index is 12.3. The van der Waals surface area contributed by atoms with E-state index in [4.69, 9.17) is 16.3 Å². The Labute approximate surface area is 152 Å². The van der Waals surface area contributed by atoms with Gasteiger partial charge < -0.3 is 10.1 Å². The molecule has 4 rings (SSSR count). The predicted octanol–water partition coefficient (Wildman–Crippen LogP) is 5.26. The van der Waals surface area contributed by atoms with Crippen LogP contribution in [0.5, 0.6) is 0 Å². The highest BCUT2D eigenvalue weighted by Crippen LogP contribution is 2.51. The second-order valence-electron chi connectivity index (χ2n) is 6.74. The van der Waals surface area contributed by atoms with Crippen molar-refractivity contribution in [1.82, 2.24) is 0 Å². The minimum Gasteiger partial charge on any atom is -0.465 e. The van der Waals surface area contributed by atoms with Gasteiger partial charge in [0.2, 0.25) is 0 Å². The van der Waals surface area contributed by atoms with E-state index in [-0.39, 0.29) is 17.9 Å². The van der Waals surface area contributed by atoms with Crippen molar-refractivity contribution in [3.63, 3.8) is 0 Å². The monoisotopic (exact) mass is 353 g/mol. The number of anilines is 1. The molecule has 128 valence electrons. The lowest BCUT2D eigenvalue weighted by Crippen LogP contribution is -2.31. The van der Waals surface area contributed by atoms with Crippen LogP contribution in [0.2, 0.25) is 5.02 Å². The first-order chi connectivity index (χ1) is 12.1. The fourth-order valence-electron chi connectivity index (χ4n) is 4.14. The predicted molar refractivity (Wildman–Crippen MR) is 100 cm³/mol. The van der Waals surface area contributed by atoms with Gasteiger partial charge >= 0.3 is 5.97 Å². The summed E-state index contributed by atoms with van der Waals surface area (Å²) in [5.74, 6) is 0.312. The molecule has 2 aliphatic rings. The highest BCUT2D eigenvalue weighted by atomic mass is 35.5. The molecular weight excluding hydrogens is 334 g/mol. The van der Waals surface area contributed by atoms with Gasteiger partial charge in [-0.15, -0.1) is 0 Å². The Morgan fingerprint density at radius 3 is 2.68 bits per heavy atom. The molecule has 2 aromatic rings. The van der Waals surface area contributed by atoms with Crippen LogP contribution in [-0.4, -0.2) is 13.1 Å². The fraction of sp³-hybridized carbons (Fsp3) is 0.286. The molecule has 0 radical (unpaired) electrons.